The molecule has 0 atom stereocenters. The number of carbonyl (C=O) groups excluding carboxylic acids is 2. The molecule has 0 bridgehead atoms. The van der Waals surface area contributed by atoms with Crippen molar-refractivity contribution in [3.05, 3.63) is 75.9 Å². The van der Waals surface area contributed by atoms with Gasteiger partial charge in [0.1, 0.15) is 22.0 Å². The Morgan fingerprint density at radius 1 is 1.00 bits per heavy atom. The Hall–Kier alpha value is -4.32. The minimum Gasteiger partial charge on any atom is -0.494 e. The van der Waals surface area contributed by atoms with Crippen molar-refractivity contribution in [1.82, 2.24) is 14.9 Å². The third kappa shape index (κ3) is 3.75. The molecule has 0 saturated heterocycles. The number of amides is 2. The van der Waals surface area contributed by atoms with E-state index in [4.69, 9.17) is 4.74 Å². The number of hydrogen-bond donors (Lipinski definition) is 1. The summed E-state index contributed by atoms with van der Waals surface area (Å²) in [5.41, 5.74) is -0.780. The van der Waals surface area contributed by atoms with Gasteiger partial charge in [0.15, 0.2) is 5.69 Å². The van der Waals surface area contributed by atoms with Gasteiger partial charge in [-0.1, -0.05) is 12.1 Å². The normalized spacial score (nSPS) is 13.4. The first-order valence-electron chi connectivity index (χ1n) is 10.3. The second kappa shape index (κ2) is 8.41. The largest absolute Gasteiger partial charge is 0.494 e. The van der Waals surface area contributed by atoms with Crippen LogP contribution >= 0.6 is 11.3 Å². The van der Waals surface area contributed by atoms with Crippen LogP contribution in [-0.2, 0) is 12.7 Å². The Morgan fingerprint density at radius 3 is 2.25 bits per heavy atom. The predicted molar refractivity (Wildman–Crippen MR) is 122 cm³/mol. The lowest BCUT2D eigenvalue weighted by molar-refractivity contribution is -0.140. The summed E-state index contributed by atoms with van der Waals surface area (Å²) in [5.74, 6) is -2.39. The molecular formula is C24H14F3N3O5S. The molecule has 2 amide bonds. The molecule has 3 heterocycles. The number of fused-ring (bicyclic) bond motifs is 2. The monoisotopic (exact) mass is 513 g/mol. The van der Waals surface area contributed by atoms with E-state index in [9.17, 15) is 32.7 Å². The summed E-state index contributed by atoms with van der Waals surface area (Å²) in [4.78, 5) is 46.4. The third-order valence-electron chi connectivity index (χ3n) is 5.64. The van der Waals surface area contributed by atoms with Crippen LogP contribution in [0.25, 0.3) is 21.5 Å². The van der Waals surface area contributed by atoms with E-state index in [0.29, 0.717) is 5.56 Å². The van der Waals surface area contributed by atoms with Gasteiger partial charge in [-0.25, -0.2) is 14.8 Å². The molecule has 36 heavy (non-hydrogen) atoms. The molecule has 182 valence electrons. The maximum Gasteiger partial charge on any atom is 0.433 e. The van der Waals surface area contributed by atoms with Crippen LogP contribution in [-0.4, -0.2) is 44.9 Å². The van der Waals surface area contributed by atoms with Crippen LogP contribution in [0.4, 0.5) is 13.2 Å². The number of aromatic carboxylic acids is 1. The van der Waals surface area contributed by atoms with Crippen molar-refractivity contribution < 1.29 is 37.4 Å². The highest BCUT2D eigenvalue weighted by atomic mass is 32.1. The number of carbonyl (C=O) groups is 3. The zero-order valence-electron chi connectivity index (χ0n) is 18.3. The molecule has 0 unspecified atom stereocenters. The minimum atomic E-state index is -4.67. The average molecular weight is 513 g/mol. The highest BCUT2D eigenvalue weighted by Crippen LogP contribution is 2.39. The van der Waals surface area contributed by atoms with Gasteiger partial charge in [-0.2, -0.15) is 13.2 Å². The van der Waals surface area contributed by atoms with Crippen LogP contribution in [0.1, 0.15) is 41.8 Å². The molecule has 12 heteroatoms. The molecule has 4 aromatic rings. The number of pyridine rings is 1. The Bertz CT molecular complexity index is 1550. The van der Waals surface area contributed by atoms with Crippen molar-refractivity contribution in [2.24, 2.45) is 0 Å². The standard InChI is InChI=1S/C24H14F3N3O5S/c1-35-15-8-6-12(11-7-9-17(24(25,26)27)28-18(11)15)20-29-19(23(33)34)16(36-20)10-30-21(31)13-4-2-3-5-14(13)22(30)32/h2-9H,10H2,1H3,(H,33,34). The number of hydrogen-bond acceptors (Lipinski definition) is 7. The van der Waals surface area contributed by atoms with E-state index in [-0.39, 0.29) is 49.9 Å². The first kappa shape index (κ1) is 23.4. The SMILES string of the molecule is COc1ccc(-c2nc(C(=O)O)c(CN3C(=O)c4ccccc4C3=O)s2)c2ccc(C(F)(F)F)nc12. The first-order valence-corrected chi connectivity index (χ1v) is 11.2. The number of ether oxygens (including phenoxy) is 1. The Balaban J connectivity index is 1.60. The summed E-state index contributed by atoms with van der Waals surface area (Å²) in [6.07, 6.45) is -4.67. The van der Waals surface area contributed by atoms with Gasteiger partial charge in [0, 0.05) is 10.9 Å². The first-order chi connectivity index (χ1) is 17.1. The molecule has 5 rings (SSSR count). The number of aromatic nitrogens is 2. The van der Waals surface area contributed by atoms with Gasteiger partial charge in [-0.3, -0.25) is 14.5 Å². The number of halogens is 3. The van der Waals surface area contributed by atoms with Gasteiger partial charge in [0.05, 0.1) is 29.7 Å². The van der Waals surface area contributed by atoms with Gasteiger partial charge >= 0.3 is 12.1 Å². The summed E-state index contributed by atoms with van der Waals surface area (Å²) < 4.78 is 44.9. The fraction of sp³-hybridized carbons (Fsp3) is 0.125. The molecule has 2 aromatic heterocycles. The lowest BCUT2D eigenvalue weighted by Gasteiger charge is -2.12. The van der Waals surface area contributed by atoms with Crippen LogP contribution < -0.4 is 4.74 Å². The number of thiazole rings is 1. The van der Waals surface area contributed by atoms with Gasteiger partial charge in [0.2, 0.25) is 0 Å². The van der Waals surface area contributed by atoms with Crippen LogP contribution in [0, 0.1) is 0 Å². The van der Waals surface area contributed by atoms with Crippen molar-refractivity contribution in [3.8, 4) is 16.3 Å². The number of nitrogens with zero attached hydrogens (tertiary/aromatic N) is 3. The van der Waals surface area contributed by atoms with E-state index in [2.05, 4.69) is 9.97 Å². The second-order valence-corrected chi connectivity index (χ2v) is 8.83. The van der Waals surface area contributed by atoms with Gasteiger partial charge < -0.3 is 9.84 Å². The number of carboxylic acids is 1. The number of alkyl halides is 3. The fourth-order valence-corrected chi connectivity index (χ4v) is 5.05. The van der Waals surface area contributed by atoms with Gasteiger partial charge in [0.25, 0.3) is 11.8 Å². The molecule has 1 aliphatic rings. The number of carboxylic acid groups (broad SMARTS) is 1. The molecule has 8 nitrogen and oxygen atoms in total. The summed E-state index contributed by atoms with van der Waals surface area (Å²) in [7, 11) is 1.29. The van der Waals surface area contributed by atoms with Crippen molar-refractivity contribution >= 4 is 40.0 Å². The third-order valence-corrected chi connectivity index (χ3v) is 6.71. The maximum atomic E-state index is 13.2. The van der Waals surface area contributed by atoms with Crippen LogP contribution in [0.15, 0.2) is 48.5 Å². The molecular weight excluding hydrogens is 499 g/mol. The number of rotatable bonds is 5. The Labute approximate surface area is 204 Å². The van der Waals surface area contributed by atoms with Crippen molar-refractivity contribution in [2.45, 2.75) is 12.7 Å². The Morgan fingerprint density at radius 2 is 1.67 bits per heavy atom. The molecule has 0 aliphatic carbocycles. The van der Waals surface area contributed by atoms with Crippen LogP contribution in [0.3, 0.4) is 0 Å². The highest BCUT2D eigenvalue weighted by Gasteiger charge is 2.37. The van der Waals surface area contributed by atoms with E-state index in [1.807, 2.05) is 0 Å². The van der Waals surface area contributed by atoms with Crippen LogP contribution in [0.2, 0.25) is 0 Å². The number of methoxy groups -OCH3 is 1. The quantitative estimate of drug-likeness (QED) is 0.379. The summed E-state index contributed by atoms with van der Waals surface area (Å²) in [6.45, 7) is -0.323. The smallest absolute Gasteiger partial charge is 0.433 e. The van der Waals surface area contributed by atoms with Gasteiger partial charge in [-0.05, 0) is 36.4 Å². The van der Waals surface area contributed by atoms with Crippen molar-refractivity contribution in [2.75, 3.05) is 7.11 Å². The zero-order chi connectivity index (χ0) is 25.8. The molecule has 1 N–H and O–H groups in total. The van der Waals surface area contributed by atoms with Crippen LogP contribution in [0.5, 0.6) is 5.75 Å². The molecule has 0 spiro atoms. The zero-order valence-corrected chi connectivity index (χ0v) is 19.1. The highest BCUT2D eigenvalue weighted by molar-refractivity contribution is 7.15. The topological polar surface area (TPSA) is 110 Å². The lowest BCUT2D eigenvalue weighted by Crippen LogP contribution is -2.29. The summed E-state index contributed by atoms with van der Waals surface area (Å²) >= 11 is 0.920. The van der Waals surface area contributed by atoms with E-state index in [1.54, 1.807) is 12.1 Å². The van der Waals surface area contributed by atoms with E-state index in [1.165, 1.54) is 37.4 Å². The number of benzene rings is 2. The predicted octanol–water partition coefficient (Wildman–Crippen LogP) is 4.88. The summed E-state index contributed by atoms with van der Waals surface area (Å²) in [5, 5.41) is 10.2. The molecule has 0 radical (unpaired) electrons. The molecule has 2 aromatic carbocycles. The fourth-order valence-electron chi connectivity index (χ4n) is 3.97. The van der Waals surface area contributed by atoms with E-state index in [0.717, 1.165) is 22.3 Å². The van der Waals surface area contributed by atoms with Crippen molar-refractivity contribution in [1.29, 1.82) is 0 Å². The summed E-state index contributed by atoms with van der Waals surface area (Å²) in [6, 6.07) is 11.2. The second-order valence-electron chi connectivity index (χ2n) is 7.74. The molecule has 0 saturated carbocycles. The lowest BCUT2D eigenvalue weighted by atomic mass is 10.1. The Kier molecular flexibility index (Phi) is 5.47. The maximum absolute atomic E-state index is 13.2. The van der Waals surface area contributed by atoms with Gasteiger partial charge in [-0.15, -0.1) is 11.3 Å². The number of imide groups is 1. The van der Waals surface area contributed by atoms with E-state index < -0.39 is 29.7 Å². The average Bonchev–Trinajstić information content (AvgIpc) is 3.38. The minimum absolute atomic E-state index is 0.0706. The van der Waals surface area contributed by atoms with E-state index >= 15 is 0 Å². The molecule has 0 fully saturated rings. The molecule has 1 aliphatic heterocycles. The van der Waals surface area contributed by atoms with Crippen molar-refractivity contribution in [3.63, 3.8) is 0 Å².